The Labute approximate surface area is 142 Å². The van der Waals surface area contributed by atoms with Crippen LogP contribution in [-0.4, -0.2) is 24.0 Å². The first-order chi connectivity index (χ1) is 11.9. The van der Waals surface area contributed by atoms with Crippen LogP contribution >= 0.6 is 0 Å². The smallest absolute Gasteiger partial charge is 0.387 e. The molecule has 25 heavy (non-hydrogen) atoms. The number of hydrogen-bond acceptors (Lipinski definition) is 4. The number of nitro groups is 1. The van der Waals surface area contributed by atoms with Crippen molar-refractivity contribution in [1.82, 2.24) is 5.32 Å². The van der Waals surface area contributed by atoms with E-state index in [9.17, 15) is 23.7 Å². The minimum absolute atomic E-state index is 0.0646. The maximum absolute atomic E-state index is 12.1. The summed E-state index contributed by atoms with van der Waals surface area (Å²) in [6, 6.07) is 10.4. The Balaban J connectivity index is 1.90. The van der Waals surface area contributed by atoms with E-state index in [2.05, 4.69) is 10.1 Å². The first-order valence-electron chi connectivity index (χ1n) is 7.44. The molecule has 0 aliphatic rings. The number of benzene rings is 2. The highest BCUT2D eigenvalue weighted by molar-refractivity contribution is 5.94. The second-order valence-electron chi connectivity index (χ2n) is 5.29. The Hall–Kier alpha value is -3.03. The standard InChI is InChI=1S/C17H16F2N2O4/c1-11-2-5-13(10-15(11)21(23)24)16(22)20-9-8-12-3-6-14(7-4-12)25-17(18)19/h2-7,10,17H,8-9H2,1H3,(H,20,22). The average Bonchev–Trinajstić information content (AvgIpc) is 2.56. The molecule has 0 spiro atoms. The average molecular weight is 350 g/mol. The third kappa shape index (κ3) is 5.23. The van der Waals surface area contributed by atoms with Crippen LogP contribution in [0.25, 0.3) is 0 Å². The predicted molar refractivity (Wildman–Crippen MR) is 86.9 cm³/mol. The fourth-order valence-corrected chi connectivity index (χ4v) is 2.21. The number of carbonyl (C=O) groups is 1. The molecule has 0 saturated carbocycles. The quantitative estimate of drug-likeness (QED) is 0.612. The van der Waals surface area contributed by atoms with Crippen LogP contribution in [0.4, 0.5) is 14.5 Å². The molecule has 2 aromatic rings. The lowest BCUT2D eigenvalue weighted by Crippen LogP contribution is -2.25. The fraction of sp³-hybridized carbons (Fsp3) is 0.235. The number of carbonyl (C=O) groups excluding carboxylic acids is 1. The Morgan fingerprint density at radius 3 is 2.52 bits per heavy atom. The van der Waals surface area contributed by atoms with E-state index in [0.717, 1.165) is 5.56 Å². The Morgan fingerprint density at radius 1 is 1.24 bits per heavy atom. The second kappa shape index (κ2) is 8.18. The summed E-state index contributed by atoms with van der Waals surface area (Å²) < 4.78 is 28.4. The lowest BCUT2D eigenvalue weighted by molar-refractivity contribution is -0.385. The van der Waals surface area contributed by atoms with E-state index in [1.165, 1.54) is 30.3 Å². The molecule has 132 valence electrons. The highest BCUT2D eigenvalue weighted by atomic mass is 19.3. The van der Waals surface area contributed by atoms with Crippen LogP contribution in [0.2, 0.25) is 0 Å². The normalized spacial score (nSPS) is 10.6. The summed E-state index contributed by atoms with van der Waals surface area (Å²) in [4.78, 5) is 22.4. The molecule has 0 bridgehead atoms. The number of ether oxygens (including phenoxy) is 1. The van der Waals surface area contributed by atoms with Gasteiger partial charge in [0, 0.05) is 23.7 Å². The summed E-state index contributed by atoms with van der Waals surface area (Å²) in [5.41, 5.74) is 1.41. The van der Waals surface area contributed by atoms with Gasteiger partial charge >= 0.3 is 6.61 Å². The van der Waals surface area contributed by atoms with Crippen molar-refractivity contribution in [3.05, 3.63) is 69.3 Å². The Bertz CT molecular complexity index is 764. The van der Waals surface area contributed by atoms with Gasteiger partial charge in [-0.2, -0.15) is 8.78 Å². The van der Waals surface area contributed by atoms with Crippen molar-refractivity contribution < 1.29 is 23.2 Å². The van der Waals surface area contributed by atoms with Gasteiger partial charge in [0.2, 0.25) is 0 Å². The third-order valence-corrected chi connectivity index (χ3v) is 3.52. The zero-order chi connectivity index (χ0) is 18.4. The van der Waals surface area contributed by atoms with E-state index in [0.29, 0.717) is 18.5 Å². The van der Waals surface area contributed by atoms with Crippen LogP contribution in [0.3, 0.4) is 0 Å². The molecule has 0 heterocycles. The van der Waals surface area contributed by atoms with Gasteiger partial charge in [-0.25, -0.2) is 0 Å². The number of nitro benzene ring substituents is 1. The van der Waals surface area contributed by atoms with Gasteiger partial charge in [-0.3, -0.25) is 14.9 Å². The van der Waals surface area contributed by atoms with Gasteiger partial charge in [0.05, 0.1) is 4.92 Å². The van der Waals surface area contributed by atoms with Crippen LogP contribution in [0.5, 0.6) is 5.75 Å². The fourth-order valence-electron chi connectivity index (χ4n) is 2.21. The zero-order valence-corrected chi connectivity index (χ0v) is 13.4. The molecule has 8 heteroatoms. The first kappa shape index (κ1) is 18.3. The van der Waals surface area contributed by atoms with Crippen molar-refractivity contribution >= 4 is 11.6 Å². The highest BCUT2D eigenvalue weighted by Gasteiger charge is 2.14. The lowest BCUT2D eigenvalue weighted by atomic mass is 10.1. The number of rotatable bonds is 7. The minimum atomic E-state index is -2.87. The molecule has 0 aliphatic heterocycles. The zero-order valence-electron chi connectivity index (χ0n) is 13.4. The molecule has 2 aromatic carbocycles. The minimum Gasteiger partial charge on any atom is -0.435 e. The molecule has 1 amide bonds. The monoisotopic (exact) mass is 350 g/mol. The van der Waals surface area contributed by atoms with Crippen LogP contribution < -0.4 is 10.1 Å². The first-order valence-corrected chi connectivity index (χ1v) is 7.44. The van der Waals surface area contributed by atoms with E-state index in [1.807, 2.05) is 0 Å². The highest BCUT2D eigenvalue weighted by Crippen LogP contribution is 2.19. The van der Waals surface area contributed by atoms with Crippen LogP contribution in [0, 0.1) is 17.0 Å². The van der Waals surface area contributed by atoms with Gasteiger partial charge in [-0.1, -0.05) is 18.2 Å². The molecule has 0 unspecified atom stereocenters. The topological polar surface area (TPSA) is 81.5 Å². The van der Waals surface area contributed by atoms with Crippen molar-refractivity contribution in [3.8, 4) is 5.75 Å². The van der Waals surface area contributed by atoms with Gasteiger partial charge in [0.15, 0.2) is 0 Å². The van der Waals surface area contributed by atoms with Gasteiger partial charge in [0.25, 0.3) is 11.6 Å². The molecular formula is C17H16F2N2O4. The van der Waals surface area contributed by atoms with Gasteiger partial charge in [-0.05, 0) is 37.1 Å². The molecule has 0 aliphatic carbocycles. The molecular weight excluding hydrogens is 334 g/mol. The van der Waals surface area contributed by atoms with E-state index in [1.54, 1.807) is 19.1 Å². The summed E-state index contributed by atoms with van der Waals surface area (Å²) in [6.07, 6.45) is 0.481. The Kier molecular flexibility index (Phi) is 5.99. The predicted octanol–water partition coefficient (Wildman–Crippen LogP) is 3.48. The SMILES string of the molecule is Cc1ccc(C(=O)NCCc2ccc(OC(F)F)cc2)cc1[N+](=O)[O-]. The van der Waals surface area contributed by atoms with Crippen molar-refractivity contribution in [2.45, 2.75) is 20.0 Å². The molecule has 6 nitrogen and oxygen atoms in total. The van der Waals surface area contributed by atoms with Crippen molar-refractivity contribution in [2.24, 2.45) is 0 Å². The van der Waals surface area contributed by atoms with E-state index >= 15 is 0 Å². The molecule has 0 fully saturated rings. The molecule has 0 aromatic heterocycles. The second-order valence-corrected chi connectivity index (χ2v) is 5.29. The molecule has 0 atom stereocenters. The number of hydrogen-bond donors (Lipinski definition) is 1. The summed E-state index contributed by atoms with van der Waals surface area (Å²) in [7, 11) is 0. The van der Waals surface area contributed by atoms with Crippen molar-refractivity contribution in [2.75, 3.05) is 6.54 Å². The number of nitrogens with one attached hydrogen (secondary N) is 1. The number of halogens is 2. The third-order valence-electron chi connectivity index (χ3n) is 3.52. The van der Waals surface area contributed by atoms with Crippen LogP contribution in [-0.2, 0) is 6.42 Å². The molecule has 1 N–H and O–H groups in total. The number of amides is 1. The number of aryl methyl sites for hydroxylation is 1. The molecule has 0 radical (unpaired) electrons. The summed E-state index contributed by atoms with van der Waals surface area (Å²) in [5.74, 6) is -0.351. The van der Waals surface area contributed by atoms with Gasteiger partial charge < -0.3 is 10.1 Å². The summed E-state index contributed by atoms with van der Waals surface area (Å²) >= 11 is 0. The largest absolute Gasteiger partial charge is 0.435 e. The number of alkyl halides is 2. The van der Waals surface area contributed by atoms with E-state index in [4.69, 9.17) is 0 Å². The van der Waals surface area contributed by atoms with Gasteiger partial charge in [-0.15, -0.1) is 0 Å². The maximum Gasteiger partial charge on any atom is 0.387 e. The molecule has 0 saturated heterocycles. The van der Waals surface area contributed by atoms with Crippen molar-refractivity contribution in [1.29, 1.82) is 0 Å². The van der Waals surface area contributed by atoms with Crippen LogP contribution in [0.1, 0.15) is 21.5 Å². The van der Waals surface area contributed by atoms with E-state index < -0.39 is 17.4 Å². The van der Waals surface area contributed by atoms with Crippen LogP contribution in [0.15, 0.2) is 42.5 Å². The summed E-state index contributed by atoms with van der Waals surface area (Å²) in [6.45, 7) is -0.972. The lowest BCUT2D eigenvalue weighted by Gasteiger charge is -2.08. The molecule has 2 rings (SSSR count). The van der Waals surface area contributed by atoms with Gasteiger partial charge in [0.1, 0.15) is 5.75 Å². The van der Waals surface area contributed by atoms with Crippen molar-refractivity contribution in [3.63, 3.8) is 0 Å². The number of nitrogens with zero attached hydrogens (tertiary/aromatic N) is 1. The van der Waals surface area contributed by atoms with E-state index in [-0.39, 0.29) is 17.0 Å². The Morgan fingerprint density at radius 2 is 1.92 bits per heavy atom. The maximum atomic E-state index is 12.1. The summed E-state index contributed by atoms with van der Waals surface area (Å²) in [5, 5.41) is 13.6.